The van der Waals surface area contributed by atoms with Gasteiger partial charge in [0.15, 0.2) is 0 Å². The first-order chi connectivity index (χ1) is 9.83. The van der Waals surface area contributed by atoms with E-state index in [1.54, 1.807) is 6.20 Å². The van der Waals surface area contributed by atoms with Gasteiger partial charge in [0.25, 0.3) is 0 Å². The van der Waals surface area contributed by atoms with Gasteiger partial charge in [-0.25, -0.2) is 4.98 Å². The number of nitrogens with one attached hydrogen (secondary N) is 2. The molecule has 20 heavy (non-hydrogen) atoms. The summed E-state index contributed by atoms with van der Waals surface area (Å²) in [6, 6.07) is 6.60. The van der Waals surface area contributed by atoms with E-state index in [-0.39, 0.29) is 0 Å². The van der Waals surface area contributed by atoms with Crippen LogP contribution in [0.4, 0.5) is 0 Å². The smallest absolute Gasteiger partial charge is 0.124 e. The Balaban J connectivity index is 1.55. The Labute approximate surface area is 127 Å². The summed E-state index contributed by atoms with van der Waals surface area (Å²) < 4.78 is 6.80. The van der Waals surface area contributed by atoms with E-state index < -0.39 is 0 Å². The van der Waals surface area contributed by atoms with Crippen molar-refractivity contribution in [2.24, 2.45) is 0 Å². The van der Waals surface area contributed by atoms with Crippen LogP contribution in [-0.4, -0.2) is 23.1 Å². The van der Waals surface area contributed by atoms with Gasteiger partial charge in [0.1, 0.15) is 11.6 Å². The lowest BCUT2D eigenvalue weighted by Crippen LogP contribution is -2.28. The van der Waals surface area contributed by atoms with Gasteiger partial charge >= 0.3 is 0 Å². The van der Waals surface area contributed by atoms with Crippen molar-refractivity contribution in [1.29, 1.82) is 0 Å². The number of rotatable bonds is 5. The molecule has 4 nitrogen and oxygen atoms in total. The molecule has 1 atom stereocenters. The van der Waals surface area contributed by atoms with Crippen LogP contribution in [0.1, 0.15) is 30.3 Å². The molecule has 1 unspecified atom stereocenters. The lowest BCUT2D eigenvalue weighted by molar-refractivity contribution is 0.252. The zero-order chi connectivity index (χ0) is 13.8. The molecule has 0 spiro atoms. The summed E-state index contributed by atoms with van der Waals surface area (Å²) in [6.45, 7) is 1.77. The maximum absolute atomic E-state index is 5.70. The van der Waals surface area contributed by atoms with E-state index in [0.717, 1.165) is 48.5 Å². The molecule has 0 saturated carbocycles. The molecule has 1 aliphatic rings. The van der Waals surface area contributed by atoms with Gasteiger partial charge in [0.05, 0.1) is 6.61 Å². The van der Waals surface area contributed by atoms with Crippen LogP contribution in [0.3, 0.4) is 0 Å². The number of aryl methyl sites for hydroxylation is 1. The number of imidazole rings is 1. The highest BCUT2D eigenvalue weighted by molar-refractivity contribution is 9.10. The third kappa shape index (κ3) is 3.22. The van der Waals surface area contributed by atoms with E-state index in [0.29, 0.717) is 6.04 Å². The Hall–Kier alpha value is -1.33. The standard InChI is InChI=1S/C15H18BrN3O/c16-11-3-4-14-12(10-11)13(5-9-20-14)17-6-1-2-15-18-7-8-19-15/h3-4,7-8,10,13,17H,1-2,5-6,9H2,(H,18,19). The normalized spacial score (nSPS) is 17.6. The lowest BCUT2D eigenvalue weighted by Gasteiger charge is -2.27. The second-order valence-electron chi connectivity index (χ2n) is 4.97. The van der Waals surface area contributed by atoms with Crippen molar-refractivity contribution in [3.05, 3.63) is 46.5 Å². The summed E-state index contributed by atoms with van der Waals surface area (Å²) in [4.78, 5) is 7.37. The number of aromatic amines is 1. The molecule has 2 heterocycles. The molecule has 5 heteroatoms. The topological polar surface area (TPSA) is 49.9 Å². The zero-order valence-corrected chi connectivity index (χ0v) is 12.8. The maximum atomic E-state index is 5.70. The summed E-state index contributed by atoms with van der Waals surface area (Å²) in [5.41, 5.74) is 1.25. The van der Waals surface area contributed by atoms with Gasteiger partial charge in [-0.1, -0.05) is 15.9 Å². The van der Waals surface area contributed by atoms with Crippen LogP contribution in [0.25, 0.3) is 0 Å². The Bertz CT molecular complexity index is 556. The fourth-order valence-corrected chi connectivity index (χ4v) is 2.92. The van der Waals surface area contributed by atoms with Crippen molar-refractivity contribution in [3.8, 4) is 5.75 Å². The molecule has 2 N–H and O–H groups in total. The van der Waals surface area contributed by atoms with Gasteiger partial charge in [-0.2, -0.15) is 0 Å². The van der Waals surface area contributed by atoms with E-state index in [1.165, 1.54) is 5.56 Å². The Kier molecular flexibility index (Phi) is 4.38. The quantitative estimate of drug-likeness (QED) is 0.825. The van der Waals surface area contributed by atoms with Gasteiger partial charge < -0.3 is 15.0 Å². The molecule has 0 amide bonds. The van der Waals surface area contributed by atoms with Crippen LogP contribution in [0.2, 0.25) is 0 Å². The van der Waals surface area contributed by atoms with Crippen molar-refractivity contribution in [1.82, 2.24) is 15.3 Å². The fraction of sp³-hybridized carbons (Fsp3) is 0.400. The first-order valence-electron chi connectivity index (χ1n) is 6.97. The molecule has 0 saturated heterocycles. The van der Waals surface area contributed by atoms with E-state index in [1.807, 2.05) is 18.3 Å². The minimum atomic E-state index is 0.382. The van der Waals surface area contributed by atoms with Crippen LogP contribution in [-0.2, 0) is 6.42 Å². The number of nitrogens with zero attached hydrogens (tertiary/aromatic N) is 1. The zero-order valence-electron chi connectivity index (χ0n) is 11.2. The van der Waals surface area contributed by atoms with E-state index >= 15 is 0 Å². The average Bonchev–Trinajstić information content (AvgIpc) is 2.97. The monoisotopic (exact) mass is 335 g/mol. The molecule has 0 fully saturated rings. The highest BCUT2D eigenvalue weighted by Crippen LogP contribution is 2.33. The van der Waals surface area contributed by atoms with E-state index in [9.17, 15) is 0 Å². The van der Waals surface area contributed by atoms with Crippen LogP contribution in [0, 0.1) is 0 Å². The molecule has 0 radical (unpaired) electrons. The highest BCUT2D eigenvalue weighted by atomic mass is 79.9. The molecule has 1 aromatic carbocycles. The second-order valence-corrected chi connectivity index (χ2v) is 5.88. The highest BCUT2D eigenvalue weighted by Gasteiger charge is 2.20. The van der Waals surface area contributed by atoms with Crippen LogP contribution in [0.5, 0.6) is 5.75 Å². The van der Waals surface area contributed by atoms with Crippen molar-refractivity contribution in [2.75, 3.05) is 13.2 Å². The molecular weight excluding hydrogens is 318 g/mol. The second kappa shape index (κ2) is 6.41. The number of fused-ring (bicyclic) bond motifs is 1. The largest absolute Gasteiger partial charge is 0.493 e. The summed E-state index contributed by atoms with van der Waals surface area (Å²) in [7, 11) is 0. The predicted octanol–water partition coefficient (Wildman–Crippen LogP) is 3.22. The minimum absolute atomic E-state index is 0.382. The molecular formula is C15H18BrN3O. The summed E-state index contributed by atoms with van der Waals surface area (Å²) in [5.74, 6) is 2.06. The molecule has 0 aliphatic carbocycles. The molecule has 2 aromatic rings. The molecule has 1 aromatic heterocycles. The average molecular weight is 336 g/mol. The van der Waals surface area contributed by atoms with Gasteiger partial charge in [-0.15, -0.1) is 0 Å². The molecule has 0 bridgehead atoms. The fourth-order valence-electron chi connectivity index (χ4n) is 2.54. The molecule has 1 aliphatic heterocycles. The summed E-state index contributed by atoms with van der Waals surface area (Å²) >= 11 is 3.53. The van der Waals surface area contributed by atoms with Gasteiger partial charge in [0, 0.05) is 41.3 Å². The molecule has 3 rings (SSSR count). The maximum Gasteiger partial charge on any atom is 0.124 e. The van der Waals surface area contributed by atoms with Gasteiger partial charge in [-0.3, -0.25) is 0 Å². The number of hydrogen-bond donors (Lipinski definition) is 2. The summed E-state index contributed by atoms with van der Waals surface area (Å²) in [6.07, 6.45) is 6.75. The Morgan fingerprint density at radius 1 is 1.45 bits per heavy atom. The SMILES string of the molecule is Brc1ccc2c(c1)C(NCCCc1ncc[nH]1)CCO2. The predicted molar refractivity (Wildman–Crippen MR) is 81.9 cm³/mol. The third-order valence-electron chi connectivity index (χ3n) is 3.55. The number of ether oxygens (including phenoxy) is 1. The van der Waals surface area contributed by atoms with E-state index in [4.69, 9.17) is 4.74 Å². The number of aromatic nitrogens is 2. The minimum Gasteiger partial charge on any atom is -0.493 e. The third-order valence-corrected chi connectivity index (χ3v) is 4.04. The first-order valence-corrected chi connectivity index (χ1v) is 7.76. The number of hydrogen-bond acceptors (Lipinski definition) is 3. The molecule has 106 valence electrons. The first kappa shape index (κ1) is 13.6. The lowest BCUT2D eigenvalue weighted by atomic mass is 10.0. The van der Waals surface area contributed by atoms with Crippen molar-refractivity contribution in [2.45, 2.75) is 25.3 Å². The van der Waals surface area contributed by atoms with Crippen LogP contribution >= 0.6 is 15.9 Å². The van der Waals surface area contributed by atoms with Crippen molar-refractivity contribution in [3.63, 3.8) is 0 Å². The van der Waals surface area contributed by atoms with Crippen LogP contribution < -0.4 is 10.1 Å². The van der Waals surface area contributed by atoms with Gasteiger partial charge in [-0.05, 0) is 31.2 Å². The van der Waals surface area contributed by atoms with Crippen molar-refractivity contribution < 1.29 is 4.74 Å². The number of halogens is 1. The van der Waals surface area contributed by atoms with E-state index in [2.05, 4.69) is 37.3 Å². The van der Waals surface area contributed by atoms with Crippen molar-refractivity contribution >= 4 is 15.9 Å². The number of H-pyrrole nitrogens is 1. The Morgan fingerprint density at radius 2 is 2.40 bits per heavy atom. The van der Waals surface area contributed by atoms with Crippen LogP contribution in [0.15, 0.2) is 35.1 Å². The van der Waals surface area contributed by atoms with Gasteiger partial charge in [0.2, 0.25) is 0 Å². The summed E-state index contributed by atoms with van der Waals surface area (Å²) in [5, 5.41) is 3.62. The Morgan fingerprint density at radius 3 is 3.25 bits per heavy atom. The number of benzene rings is 1.